The Morgan fingerprint density at radius 2 is 1.88 bits per heavy atom. The molecule has 0 aliphatic heterocycles. The summed E-state index contributed by atoms with van der Waals surface area (Å²) in [6.45, 7) is 1.79. The first-order valence-electron chi connectivity index (χ1n) is 7.54. The highest BCUT2D eigenvalue weighted by atomic mass is 16.6. The van der Waals surface area contributed by atoms with Gasteiger partial charge in [-0.2, -0.15) is 0 Å². The lowest BCUT2D eigenvalue weighted by Gasteiger charge is -2.13. The summed E-state index contributed by atoms with van der Waals surface area (Å²) in [7, 11) is 0. The summed E-state index contributed by atoms with van der Waals surface area (Å²) in [5.41, 5.74) is -0.0693. The Bertz CT molecular complexity index is 1010. The molecule has 25 heavy (non-hydrogen) atoms. The Kier molecular flexibility index (Phi) is 4.30. The highest BCUT2D eigenvalue weighted by Crippen LogP contribution is 2.21. The van der Waals surface area contributed by atoms with Crippen molar-refractivity contribution in [3.05, 3.63) is 86.3 Å². The van der Waals surface area contributed by atoms with Crippen LogP contribution in [0.25, 0.3) is 11.0 Å². The zero-order valence-corrected chi connectivity index (χ0v) is 13.3. The average molecular weight is 338 g/mol. The van der Waals surface area contributed by atoms with Gasteiger partial charge in [0.15, 0.2) is 0 Å². The van der Waals surface area contributed by atoms with Gasteiger partial charge in [-0.1, -0.05) is 30.3 Å². The van der Waals surface area contributed by atoms with Crippen molar-refractivity contribution in [1.82, 2.24) is 5.32 Å². The third kappa shape index (κ3) is 3.40. The Labute approximate surface area is 142 Å². The fraction of sp³-hybridized carbons (Fsp3) is 0.111. The van der Waals surface area contributed by atoms with Crippen molar-refractivity contribution < 1.29 is 14.1 Å². The minimum atomic E-state index is -0.792. The second-order valence-corrected chi connectivity index (χ2v) is 5.53. The largest absolute Gasteiger partial charge is 0.422 e. The van der Waals surface area contributed by atoms with Gasteiger partial charge in [-0.3, -0.25) is 14.9 Å². The van der Waals surface area contributed by atoms with Gasteiger partial charge in [-0.25, -0.2) is 4.79 Å². The van der Waals surface area contributed by atoms with Crippen LogP contribution in [0.15, 0.2) is 63.8 Å². The highest BCUT2D eigenvalue weighted by Gasteiger charge is 2.18. The maximum atomic E-state index is 12.4. The SMILES string of the molecule is C[C@@H](NC(=O)c1cc2cc([N+](=O)[O-])ccc2oc1=O)c1ccccc1. The van der Waals surface area contributed by atoms with Crippen LogP contribution < -0.4 is 10.9 Å². The maximum absolute atomic E-state index is 12.4. The zero-order chi connectivity index (χ0) is 18.0. The van der Waals surface area contributed by atoms with Crippen molar-refractivity contribution in [2.45, 2.75) is 13.0 Å². The summed E-state index contributed by atoms with van der Waals surface area (Å²) >= 11 is 0. The van der Waals surface area contributed by atoms with Crippen molar-refractivity contribution in [2.75, 3.05) is 0 Å². The number of nitro groups is 1. The lowest BCUT2D eigenvalue weighted by Crippen LogP contribution is -2.30. The molecule has 0 saturated heterocycles. The van der Waals surface area contributed by atoms with Crippen LogP contribution in [0, 0.1) is 10.1 Å². The summed E-state index contributed by atoms with van der Waals surface area (Å²) in [4.78, 5) is 34.8. The van der Waals surface area contributed by atoms with E-state index in [4.69, 9.17) is 4.42 Å². The van der Waals surface area contributed by atoms with Gasteiger partial charge in [0.1, 0.15) is 11.1 Å². The number of hydrogen-bond donors (Lipinski definition) is 1. The number of carbonyl (C=O) groups excluding carboxylic acids is 1. The molecule has 0 saturated carbocycles. The fourth-order valence-corrected chi connectivity index (χ4v) is 2.48. The quantitative estimate of drug-likeness (QED) is 0.447. The Balaban J connectivity index is 1.94. The van der Waals surface area contributed by atoms with Crippen molar-refractivity contribution >= 4 is 22.6 Å². The van der Waals surface area contributed by atoms with E-state index < -0.39 is 16.5 Å². The van der Waals surface area contributed by atoms with Crippen LogP contribution in [0.2, 0.25) is 0 Å². The lowest BCUT2D eigenvalue weighted by atomic mass is 10.1. The molecular formula is C18H14N2O5. The molecule has 0 fully saturated rings. The van der Waals surface area contributed by atoms with E-state index in [9.17, 15) is 19.7 Å². The number of nitro benzene ring substituents is 1. The van der Waals surface area contributed by atoms with Crippen LogP contribution in [0.3, 0.4) is 0 Å². The summed E-state index contributed by atoms with van der Waals surface area (Å²) in [6, 6.07) is 14.1. The fourth-order valence-electron chi connectivity index (χ4n) is 2.48. The minimum absolute atomic E-state index is 0.148. The topological polar surface area (TPSA) is 102 Å². The molecule has 1 heterocycles. The second kappa shape index (κ2) is 6.56. The number of hydrogen-bond acceptors (Lipinski definition) is 5. The van der Waals surface area contributed by atoms with Crippen molar-refractivity contribution in [3.63, 3.8) is 0 Å². The molecule has 1 amide bonds. The first-order chi connectivity index (χ1) is 12.0. The van der Waals surface area contributed by atoms with Gasteiger partial charge in [0.2, 0.25) is 0 Å². The smallest absolute Gasteiger partial charge is 0.349 e. The van der Waals surface area contributed by atoms with Crippen molar-refractivity contribution in [1.29, 1.82) is 0 Å². The van der Waals surface area contributed by atoms with E-state index in [0.717, 1.165) is 5.56 Å². The van der Waals surface area contributed by atoms with Gasteiger partial charge < -0.3 is 9.73 Å². The molecule has 0 unspecified atom stereocenters. The van der Waals surface area contributed by atoms with Gasteiger partial charge in [-0.05, 0) is 24.6 Å². The third-order valence-corrected chi connectivity index (χ3v) is 3.82. The molecule has 0 aliphatic carbocycles. The van der Waals surface area contributed by atoms with Crippen LogP contribution >= 0.6 is 0 Å². The van der Waals surface area contributed by atoms with E-state index in [2.05, 4.69) is 5.32 Å². The van der Waals surface area contributed by atoms with Crippen LogP contribution in [0.4, 0.5) is 5.69 Å². The van der Waals surface area contributed by atoms with E-state index in [1.807, 2.05) is 30.3 Å². The molecular weight excluding hydrogens is 324 g/mol. The predicted octanol–water partition coefficient (Wildman–Crippen LogP) is 3.19. The van der Waals surface area contributed by atoms with Crippen molar-refractivity contribution in [2.24, 2.45) is 0 Å². The van der Waals surface area contributed by atoms with Gasteiger partial charge >= 0.3 is 5.63 Å². The van der Waals surface area contributed by atoms with Gasteiger partial charge in [0.25, 0.3) is 11.6 Å². The first-order valence-corrected chi connectivity index (χ1v) is 7.54. The Hall–Kier alpha value is -3.48. The summed E-state index contributed by atoms with van der Waals surface area (Å²) in [5, 5.41) is 13.9. The number of fused-ring (bicyclic) bond motifs is 1. The molecule has 0 radical (unpaired) electrons. The molecule has 3 rings (SSSR count). The monoisotopic (exact) mass is 338 g/mol. The number of nitrogens with zero attached hydrogens (tertiary/aromatic N) is 1. The molecule has 126 valence electrons. The molecule has 3 aromatic rings. The first kappa shape index (κ1) is 16.4. The number of carbonyl (C=O) groups is 1. The van der Waals surface area contributed by atoms with Gasteiger partial charge in [0, 0.05) is 17.5 Å². The molecule has 0 bridgehead atoms. The Morgan fingerprint density at radius 3 is 2.56 bits per heavy atom. The standard InChI is InChI=1S/C18H14N2O5/c1-11(12-5-3-2-4-6-12)19-17(21)15-10-13-9-14(20(23)24)7-8-16(13)25-18(15)22/h2-11H,1H3,(H,19,21)/t11-/m1/s1. The number of non-ortho nitro benzene ring substituents is 1. The average Bonchev–Trinajstić information content (AvgIpc) is 2.61. The number of amides is 1. The third-order valence-electron chi connectivity index (χ3n) is 3.82. The highest BCUT2D eigenvalue weighted by molar-refractivity contribution is 5.97. The molecule has 0 spiro atoms. The van der Waals surface area contributed by atoms with Crippen LogP contribution in [-0.4, -0.2) is 10.8 Å². The summed E-state index contributed by atoms with van der Waals surface area (Å²) in [5.74, 6) is -0.599. The molecule has 0 aliphatic rings. The normalized spacial score (nSPS) is 11.9. The molecule has 2 aromatic carbocycles. The van der Waals surface area contributed by atoms with Gasteiger partial charge in [-0.15, -0.1) is 0 Å². The predicted molar refractivity (Wildman–Crippen MR) is 91.5 cm³/mol. The molecule has 7 nitrogen and oxygen atoms in total. The van der Waals surface area contributed by atoms with E-state index in [-0.39, 0.29) is 22.9 Å². The second-order valence-electron chi connectivity index (χ2n) is 5.53. The molecule has 7 heteroatoms. The minimum Gasteiger partial charge on any atom is -0.422 e. The van der Waals surface area contributed by atoms with Gasteiger partial charge in [0.05, 0.1) is 11.0 Å². The number of nitrogens with one attached hydrogen (secondary N) is 1. The molecule has 1 atom stereocenters. The van der Waals surface area contributed by atoms with E-state index in [0.29, 0.717) is 5.39 Å². The number of rotatable bonds is 4. The molecule has 1 N–H and O–H groups in total. The van der Waals surface area contributed by atoms with E-state index in [1.165, 1.54) is 24.3 Å². The van der Waals surface area contributed by atoms with Crippen LogP contribution in [0.1, 0.15) is 28.9 Å². The zero-order valence-electron chi connectivity index (χ0n) is 13.3. The number of benzene rings is 2. The van der Waals surface area contributed by atoms with Crippen molar-refractivity contribution in [3.8, 4) is 0 Å². The van der Waals surface area contributed by atoms with E-state index >= 15 is 0 Å². The maximum Gasteiger partial charge on any atom is 0.349 e. The summed E-state index contributed by atoms with van der Waals surface area (Å²) in [6.07, 6.45) is 0. The van der Waals surface area contributed by atoms with E-state index in [1.54, 1.807) is 6.92 Å². The molecule has 1 aromatic heterocycles. The van der Waals surface area contributed by atoms with Crippen LogP contribution in [-0.2, 0) is 0 Å². The summed E-state index contributed by atoms with van der Waals surface area (Å²) < 4.78 is 5.10. The van der Waals surface area contributed by atoms with Crippen LogP contribution in [0.5, 0.6) is 0 Å². The lowest BCUT2D eigenvalue weighted by molar-refractivity contribution is -0.384. The Morgan fingerprint density at radius 1 is 1.16 bits per heavy atom.